The van der Waals surface area contributed by atoms with Crippen LogP contribution in [0.15, 0.2) is 47.4 Å². The lowest BCUT2D eigenvalue weighted by Gasteiger charge is -2.20. The van der Waals surface area contributed by atoms with Crippen molar-refractivity contribution in [2.24, 2.45) is 0 Å². The second-order valence-corrected chi connectivity index (χ2v) is 10.5. The summed E-state index contributed by atoms with van der Waals surface area (Å²) in [6.45, 7) is 7.17. The van der Waals surface area contributed by atoms with Crippen molar-refractivity contribution in [3.63, 3.8) is 0 Å². The van der Waals surface area contributed by atoms with E-state index in [4.69, 9.17) is 4.74 Å². The second kappa shape index (κ2) is 11.4. The fourth-order valence-corrected chi connectivity index (χ4v) is 5.72. The van der Waals surface area contributed by atoms with Gasteiger partial charge < -0.3 is 14.7 Å². The number of methoxy groups -OCH3 is 1. The summed E-state index contributed by atoms with van der Waals surface area (Å²) in [4.78, 5) is 19.6. The molecule has 11 heteroatoms. The molecule has 2 amide bonds. The van der Waals surface area contributed by atoms with E-state index in [0.29, 0.717) is 35.2 Å². The number of phenolic OH excluding ortho intramolecular Hbond substituents is 1. The minimum atomic E-state index is -4.00. The number of urea groups is 1. The largest absolute Gasteiger partial charge is 0.508 e. The zero-order chi connectivity index (χ0) is 25.6. The predicted octanol–water partition coefficient (Wildman–Crippen LogP) is 5.29. The van der Waals surface area contributed by atoms with Gasteiger partial charge in [-0.1, -0.05) is 25.2 Å². The molecule has 0 atom stereocenters. The van der Waals surface area contributed by atoms with Crippen LogP contribution in [0, 0.1) is 6.92 Å². The van der Waals surface area contributed by atoms with Crippen molar-refractivity contribution >= 4 is 38.2 Å². The van der Waals surface area contributed by atoms with Crippen molar-refractivity contribution in [3.05, 3.63) is 48.2 Å². The molecule has 35 heavy (non-hydrogen) atoms. The van der Waals surface area contributed by atoms with Gasteiger partial charge in [0.05, 0.1) is 17.7 Å². The average molecular weight is 519 g/mol. The number of thiazole rings is 1. The minimum absolute atomic E-state index is 0.0311. The van der Waals surface area contributed by atoms with Crippen LogP contribution in [-0.2, 0) is 10.0 Å². The number of aryl methyl sites for hydroxylation is 1. The number of carbonyl (C=O) groups excluding carboxylic acids is 1. The highest BCUT2D eigenvalue weighted by Crippen LogP contribution is 2.37. The number of phenols is 1. The molecular formula is C24H30N4O5S2. The number of aromatic hydroxyl groups is 1. The van der Waals surface area contributed by atoms with Crippen LogP contribution in [0.2, 0.25) is 0 Å². The van der Waals surface area contributed by atoms with Crippen LogP contribution >= 0.6 is 11.3 Å². The third-order valence-corrected chi connectivity index (χ3v) is 7.64. The first kappa shape index (κ1) is 26.3. The number of carbonyl (C=O) groups is 1. The number of sulfonamides is 1. The van der Waals surface area contributed by atoms with E-state index in [0.717, 1.165) is 17.7 Å². The summed E-state index contributed by atoms with van der Waals surface area (Å²) in [6, 6.07) is 10.4. The van der Waals surface area contributed by atoms with E-state index in [1.165, 1.54) is 48.8 Å². The quantitative estimate of drug-likeness (QED) is 0.314. The van der Waals surface area contributed by atoms with Gasteiger partial charge in [0.25, 0.3) is 10.0 Å². The molecule has 0 aliphatic rings. The molecule has 2 aromatic carbocycles. The zero-order valence-electron chi connectivity index (χ0n) is 20.2. The Morgan fingerprint density at radius 1 is 1.11 bits per heavy atom. The molecule has 3 N–H and O–H groups in total. The van der Waals surface area contributed by atoms with Gasteiger partial charge in [-0.15, -0.1) is 0 Å². The van der Waals surface area contributed by atoms with E-state index in [1.54, 1.807) is 17.0 Å². The molecule has 0 saturated heterocycles. The summed E-state index contributed by atoms with van der Waals surface area (Å²) in [5.41, 5.74) is 1.60. The maximum atomic E-state index is 13.2. The third kappa shape index (κ3) is 6.43. The highest BCUT2D eigenvalue weighted by molar-refractivity contribution is 7.92. The monoisotopic (exact) mass is 518 g/mol. The SMILES string of the molecule is CCCN(CCC)C(=O)Nc1nc(C)c(-c2ccc(OC)c(S(=O)(=O)Nc3ccc(O)cc3)c2)s1. The second-order valence-electron chi connectivity index (χ2n) is 7.87. The van der Waals surface area contributed by atoms with E-state index in [1.807, 2.05) is 20.8 Å². The number of aromatic nitrogens is 1. The van der Waals surface area contributed by atoms with Crippen LogP contribution in [0.1, 0.15) is 32.4 Å². The summed E-state index contributed by atoms with van der Waals surface area (Å²) in [6.07, 6.45) is 1.72. The van der Waals surface area contributed by atoms with Gasteiger partial charge in [-0.2, -0.15) is 0 Å². The van der Waals surface area contributed by atoms with Crippen LogP contribution < -0.4 is 14.8 Å². The Balaban J connectivity index is 1.91. The van der Waals surface area contributed by atoms with Gasteiger partial charge >= 0.3 is 6.03 Å². The third-order valence-electron chi connectivity index (χ3n) is 5.12. The molecule has 188 valence electrons. The van der Waals surface area contributed by atoms with Gasteiger partial charge in [-0.3, -0.25) is 10.0 Å². The molecule has 0 bridgehead atoms. The van der Waals surface area contributed by atoms with Gasteiger partial charge in [0.15, 0.2) is 5.13 Å². The standard InChI is InChI=1S/C24H30N4O5S2/c1-5-13-28(14-6-2)24(30)26-23-25-16(3)22(34-23)17-7-12-20(33-4)21(15-17)35(31,32)27-18-8-10-19(29)11-9-18/h7-12,15,27,29H,5-6,13-14H2,1-4H3,(H,25,26,30). The summed E-state index contributed by atoms with van der Waals surface area (Å²) < 4.78 is 34.1. The molecule has 0 fully saturated rings. The molecular weight excluding hydrogens is 488 g/mol. The molecule has 0 saturated carbocycles. The zero-order valence-corrected chi connectivity index (χ0v) is 21.8. The highest BCUT2D eigenvalue weighted by Gasteiger charge is 2.23. The first-order valence-electron chi connectivity index (χ1n) is 11.2. The Kier molecular flexibility index (Phi) is 8.57. The predicted molar refractivity (Wildman–Crippen MR) is 139 cm³/mol. The first-order valence-corrected chi connectivity index (χ1v) is 13.5. The number of nitrogens with one attached hydrogen (secondary N) is 2. The van der Waals surface area contributed by atoms with Crippen molar-refractivity contribution in [1.82, 2.24) is 9.88 Å². The summed E-state index contributed by atoms with van der Waals surface area (Å²) >= 11 is 1.28. The summed E-state index contributed by atoms with van der Waals surface area (Å²) in [5, 5.41) is 12.8. The number of rotatable bonds is 10. The van der Waals surface area contributed by atoms with Crippen molar-refractivity contribution in [3.8, 4) is 21.9 Å². The van der Waals surface area contributed by atoms with Crippen LogP contribution in [0.3, 0.4) is 0 Å². The summed E-state index contributed by atoms with van der Waals surface area (Å²) in [7, 11) is -2.60. The van der Waals surface area contributed by atoms with Crippen molar-refractivity contribution in [2.75, 3.05) is 30.2 Å². The van der Waals surface area contributed by atoms with E-state index in [-0.39, 0.29) is 22.4 Å². The maximum absolute atomic E-state index is 13.2. The molecule has 0 spiro atoms. The fraction of sp³-hybridized carbons (Fsp3) is 0.333. The smallest absolute Gasteiger partial charge is 0.323 e. The van der Waals surface area contributed by atoms with Crippen molar-refractivity contribution in [1.29, 1.82) is 0 Å². The Labute approximate surface area is 209 Å². The van der Waals surface area contributed by atoms with Gasteiger partial charge in [0.1, 0.15) is 16.4 Å². The van der Waals surface area contributed by atoms with Crippen LogP contribution in [0.4, 0.5) is 15.6 Å². The first-order chi connectivity index (χ1) is 16.7. The lowest BCUT2D eigenvalue weighted by atomic mass is 10.1. The Morgan fingerprint density at radius 3 is 2.37 bits per heavy atom. The number of amides is 2. The highest BCUT2D eigenvalue weighted by atomic mass is 32.2. The van der Waals surface area contributed by atoms with Gasteiger partial charge in [-0.05, 0) is 67.8 Å². The number of ether oxygens (including phenoxy) is 1. The number of benzene rings is 2. The van der Waals surface area contributed by atoms with Crippen LogP contribution in [-0.4, -0.2) is 49.6 Å². The average Bonchev–Trinajstić information content (AvgIpc) is 3.19. The van der Waals surface area contributed by atoms with Crippen LogP contribution in [0.25, 0.3) is 10.4 Å². The number of hydrogen-bond acceptors (Lipinski definition) is 7. The number of nitrogens with zero attached hydrogens (tertiary/aromatic N) is 2. The van der Waals surface area contributed by atoms with Crippen molar-refractivity contribution < 1.29 is 23.1 Å². The van der Waals surface area contributed by atoms with Gasteiger partial charge in [0, 0.05) is 18.8 Å². The topological polar surface area (TPSA) is 121 Å². The normalized spacial score (nSPS) is 11.2. The molecule has 0 radical (unpaired) electrons. The summed E-state index contributed by atoms with van der Waals surface area (Å²) in [5.74, 6) is 0.217. The van der Waals surface area contributed by atoms with Crippen molar-refractivity contribution in [2.45, 2.75) is 38.5 Å². The molecule has 0 aliphatic carbocycles. The fourth-order valence-electron chi connectivity index (χ4n) is 3.51. The lowest BCUT2D eigenvalue weighted by molar-refractivity contribution is 0.211. The lowest BCUT2D eigenvalue weighted by Crippen LogP contribution is -2.36. The Hall–Kier alpha value is -3.31. The molecule has 3 rings (SSSR count). The molecule has 1 aromatic heterocycles. The molecule has 0 unspecified atom stereocenters. The molecule has 1 heterocycles. The van der Waals surface area contributed by atoms with E-state index in [9.17, 15) is 18.3 Å². The molecule has 0 aliphatic heterocycles. The molecule has 9 nitrogen and oxygen atoms in total. The molecule has 3 aromatic rings. The van der Waals surface area contributed by atoms with Gasteiger partial charge in [-0.25, -0.2) is 18.2 Å². The minimum Gasteiger partial charge on any atom is -0.508 e. The van der Waals surface area contributed by atoms with Gasteiger partial charge in [0.2, 0.25) is 0 Å². The van der Waals surface area contributed by atoms with E-state index >= 15 is 0 Å². The Bertz CT molecular complexity index is 1270. The van der Waals surface area contributed by atoms with E-state index in [2.05, 4.69) is 15.0 Å². The number of hydrogen-bond donors (Lipinski definition) is 3. The van der Waals surface area contributed by atoms with Crippen LogP contribution in [0.5, 0.6) is 11.5 Å². The number of anilines is 2. The Morgan fingerprint density at radius 2 is 1.77 bits per heavy atom. The maximum Gasteiger partial charge on any atom is 0.323 e. The van der Waals surface area contributed by atoms with E-state index < -0.39 is 10.0 Å².